The van der Waals surface area contributed by atoms with Crippen molar-refractivity contribution in [1.82, 2.24) is 9.97 Å². The summed E-state index contributed by atoms with van der Waals surface area (Å²) < 4.78 is 13.7. The van der Waals surface area contributed by atoms with Gasteiger partial charge in [-0.2, -0.15) is 0 Å². The minimum atomic E-state index is -0.829. The summed E-state index contributed by atoms with van der Waals surface area (Å²) >= 11 is 5.86. The Balaban J connectivity index is 1.89. The summed E-state index contributed by atoms with van der Waals surface area (Å²) in [4.78, 5) is 8.36. The lowest BCUT2D eigenvalue weighted by atomic mass is 10.0. The van der Waals surface area contributed by atoms with Crippen molar-refractivity contribution in [3.63, 3.8) is 0 Å². The summed E-state index contributed by atoms with van der Waals surface area (Å²) in [5.74, 6) is -0.376. The molecule has 0 aliphatic carbocycles. The first-order valence-corrected chi connectivity index (χ1v) is 6.84. The average Bonchev–Trinajstić information content (AvgIpc) is 2.50. The molecule has 2 aromatic carbocycles. The second-order valence-electron chi connectivity index (χ2n) is 4.76. The van der Waals surface area contributed by atoms with E-state index in [1.807, 2.05) is 0 Å². The highest BCUT2D eigenvalue weighted by Gasteiger charge is 2.13. The van der Waals surface area contributed by atoms with Gasteiger partial charge in [0.05, 0.1) is 17.1 Å². The van der Waals surface area contributed by atoms with Gasteiger partial charge < -0.3 is 5.11 Å². The Morgan fingerprint density at radius 1 is 1.05 bits per heavy atom. The minimum Gasteiger partial charge on any atom is -0.388 e. The normalized spacial score (nSPS) is 12.5. The molecular weight excluding hydrogens is 291 g/mol. The Labute approximate surface area is 126 Å². The SMILES string of the molecule is OC(Cc1cc(Cl)ccc1F)c1ccc2nccnc2c1. The van der Waals surface area contributed by atoms with Gasteiger partial charge >= 0.3 is 0 Å². The third-order valence-electron chi connectivity index (χ3n) is 3.30. The summed E-state index contributed by atoms with van der Waals surface area (Å²) in [6.07, 6.45) is 2.52. The van der Waals surface area contributed by atoms with Gasteiger partial charge in [0, 0.05) is 23.8 Å². The van der Waals surface area contributed by atoms with Crippen LogP contribution < -0.4 is 0 Å². The van der Waals surface area contributed by atoms with E-state index in [0.29, 0.717) is 21.7 Å². The number of benzene rings is 2. The summed E-state index contributed by atoms with van der Waals surface area (Å²) in [6, 6.07) is 9.63. The van der Waals surface area contributed by atoms with Gasteiger partial charge in [0.15, 0.2) is 0 Å². The molecule has 5 heteroatoms. The predicted molar refractivity (Wildman–Crippen MR) is 79.6 cm³/mol. The maximum Gasteiger partial charge on any atom is 0.126 e. The highest BCUT2D eigenvalue weighted by molar-refractivity contribution is 6.30. The molecule has 21 heavy (non-hydrogen) atoms. The molecule has 0 bridgehead atoms. The maximum absolute atomic E-state index is 13.7. The van der Waals surface area contributed by atoms with E-state index in [9.17, 15) is 9.50 Å². The number of halogens is 2. The standard InChI is InChI=1S/C16H12ClFN2O/c17-12-2-3-13(18)11(7-12)9-16(21)10-1-4-14-15(8-10)20-6-5-19-14/h1-8,16,21H,9H2. The van der Waals surface area contributed by atoms with Crippen molar-refractivity contribution in [3.05, 3.63) is 70.8 Å². The largest absolute Gasteiger partial charge is 0.388 e. The molecule has 0 aliphatic heterocycles. The Hall–Kier alpha value is -2.04. The summed E-state index contributed by atoms with van der Waals surface area (Å²) in [5.41, 5.74) is 2.50. The first-order valence-electron chi connectivity index (χ1n) is 6.46. The van der Waals surface area contributed by atoms with Crippen LogP contribution >= 0.6 is 11.6 Å². The molecule has 1 aromatic heterocycles. The highest BCUT2D eigenvalue weighted by atomic mass is 35.5. The zero-order chi connectivity index (χ0) is 14.8. The molecule has 3 rings (SSSR count). The number of aliphatic hydroxyl groups is 1. The van der Waals surface area contributed by atoms with E-state index < -0.39 is 6.10 Å². The van der Waals surface area contributed by atoms with Gasteiger partial charge in [0.2, 0.25) is 0 Å². The van der Waals surface area contributed by atoms with Crippen molar-refractivity contribution >= 4 is 22.6 Å². The molecule has 1 heterocycles. The second-order valence-corrected chi connectivity index (χ2v) is 5.20. The molecule has 0 aliphatic rings. The molecule has 1 N–H and O–H groups in total. The van der Waals surface area contributed by atoms with Crippen molar-refractivity contribution in [2.75, 3.05) is 0 Å². The highest BCUT2D eigenvalue weighted by Crippen LogP contribution is 2.24. The number of fused-ring (bicyclic) bond motifs is 1. The third-order valence-corrected chi connectivity index (χ3v) is 3.53. The number of hydrogen-bond acceptors (Lipinski definition) is 3. The van der Waals surface area contributed by atoms with Crippen LogP contribution in [0.15, 0.2) is 48.8 Å². The Bertz CT molecular complexity index is 794. The van der Waals surface area contributed by atoms with E-state index in [2.05, 4.69) is 9.97 Å². The molecule has 3 nitrogen and oxygen atoms in total. The van der Waals surface area contributed by atoms with E-state index >= 15 is 0 Å². The van der Waals surface area contributed by atoms with Gasteiger partial charge in [0.25, 0.3) is 0 Å². The number of nitrogens with zero attached hydrogens (tertiary/aromatic N) is 2. The van der Waals surface area contributed by atoms with Crippen LogP contribution in [0.5, 0.6) is 0 Å². The fourth-order valence-corrected chi connectivity index (χ4v) is 2.41. The van der Waals surface area contributed by atoms with Crippen LogP contribution in [0.4, 0.5) is 4.39 Å². The van der Waals surface area contributed by atoms with Crippen molar-refractivity contribution in [3.8, 4) is 0 Å². The first-order chi connectivity index (χ1) is 10.1. The van der Waals surface area contributed by atoms with Gasteiger partial charge in [-0.1, -0.05) is 17.7 Å². The van der Waals surface area contributed by atoms with Crippen molar-refractivity contribution in [1.29, 1.82) is 0 Å². The summed E-state index contributed by atoms with van der Waals surface area (Å²) in [6.45, 7) is 0. The zero-order valence-electron chi connectivity index (χ0n) is 11.0. The molecule has 0 saturated heterocycles. The minimum absolute atomic E-state index is 0.151. The van der Waals surface area contributed by atoms with E-state index in [0.717, 1.165) is 5.52 Å². The van der Waals surface area contributed by atoms with Gasteiger partial charge in [-0.05, 0) is 41.5 Å². The molecule has 0 spiro atoms. The molecule has 0 amide bonds. The predicted octanol–water partition coefficient (Wildman–Crippen LogP) is 3.70. The Kier molecular flexibility index (Phi) is 3.82. The molecule has 1 atom stereocenters. The lowest BCUT2D eigenvalue weighted by Crippen LogP contribution is -2.04. The quantitative estimate of drug-likeness (QED) is 0.802. The molecule has 3 aromatic rings. The molecule has 0 radical (unpaired) electrons. The summed E-state index contributed by atoms with van der Waals surface area (Å²) in [5, 5.41) is 10.7. The monoisotopic (exact) mass is 302 g/mol. The maximum atomic E-state index is 13.7. The molecule has 0 saturated carbocycles. The smallest absolute Gasteiger partial charge is 0.126 e. The molecule has 0 fully saturated rings. The molecule has 106 valence electrons. The van der Waals surface area contributed by atoms with Crippen molar-refractivity contribution in [2.24, 2.45) is 0 Å². The van der Waals surface area contributed by atoms with E-state index in [1.54, 1.807) is 30.6 Å². The van der Waals surface area contributed by atoms with Crippen LogP contribution in [0.1, 0.15) is 17.2 Å². The van der Waals surface area contributed by atoms with Crippen LogP contribution in [0, 0.1) is 5.82 Å². The zero-order valence-corrected chi connectivity index (χ0v) is 11.8. The number of hydrogen-bond donors (Lipinski definition) is 1. The van der Waals surface area contributed by atoms with Gasteiger partial charge in [-0.15, -0.1) is 0 Å². The van der Waals surface area contributed by atoms with Crippen LogP contribution in [0.3, 0.4) is 0 Å². The molecule has 1 unspecified atom stereocenters. The average molecular weight is 303 g/mol. The van der Waals surface area contributed by atoms with Crippen LogP contribution in [-0.2, 0) is 6.42 Å². The fraction of sp³-hybridized carbons (Fsp3) is 0.125. The van der Waals surface area contributed by atoms with Crippen LogP contribution in [0.2, 0.25) is 5.02 Å². The van der Waals surface area contributed by atoms with Gasteiger partial charge in [-0.25, -0.2) is 4.39 Å². The molecular formula is C16H12ClFN2O. The number of aromatic nitrogens is 2. The first kappa shape index (κ1) is 13.9. The van der Waals surface area contributed by atoms with Crippen LogP contribution in [-0.4, -0.2) is 15.1 Å². The van der Waals surface area contributed by atoms with Crippen molar-refractivity contribution in [2.45, 2.75) is 12.5 Å². The van der Waals surface area contributed by atoms with Gasteiger partial charge in [-0.3, -0.25) is 9.97 Å². The summed E-state index contributed by atoms with van der Waals surface area (Å²) in [7, 11) is 0. The number of aliphatic hydroxyl groups excluding tert-OH is 1. The van der Waals surface area contributed by atoms with E-state index in [1.165, 1.54) is 18.2 Å². The van der Waals surface area contributed by atoms with E-state index in [4.69, 9.17) is 11.6 Å². The van der Waals surface area contributed by atoms with Crippen molar-refractivity contribution < 1.29 is 9.50 Å². The lowest BCUT2D eigenvalue weighted by Gasteiger charge is -2.12. The lowest BCUT2D eigenvalue weighted by molar-refractivity contribution is 0.177. The fourth-order valence-electron chi connectivity index (χ4n) is 2.21. The van der Waals surface area contributed by atoms with Crippen LogP contribution in [0.25, 0.3) is 11.0 Å². The van der Waals surface area contributed by atoms with E-state index in [-0.39, 0.29) is 12.2 Å². The Morgan fingerprint density at radius 3 is 2.62 bits per heavy atom. The Morgan fingerprint density at radius 2 is 1.81 bits per heavy atom. The third kappa shape index (κ3) is 3.01. The van der Waals surface area contributed by atoms with Gasteiger partial charge in [0.1, 0.15) is 5.82 Å². The number of rotatable bonds is 3. The second kappa shape index (κ2) is 5.76. The topological polar surface area (TPSA) is 46.0 Å².